The highest BCUT2D eigenvalue weighted by atomic mass is 16.5. The standard InChI is InChI=1S/C18H30N2O3/c1-12(19-16(21)10-23-11-17(22)20(2)3)18-7-13-4-14(8-18)6-15(5-13)9-18/h12-15H,4-11H2,1-3H3,(H,19,21)/t12-,13?,14?,15?,18?/m1/s1. The Balaban J connectivity index is 1.48. The highest BCUT2D eigenvalue weighted by Gasteiger charge is 2.53. The van der Waals surface area contributed by atoms with E-state index in [1.54, 1.807) is 14.1 Å². The molecule has 0 radical (unpaired) electrons. The average molecular weight is 322 g/mol. The van der Waals surface area contributed by atoms with Gasteiger partial charge in [0.05, 0.1) is 0 Å². The molecule has 4 bridgehead atoms. The first-order valence-corrected chi connectivity index (χ1v) is 8.95. The third-order valence-electron chi connectivity index (χ3n) is 6.34. The summed E-state index contributed by atoms with van der Waals surface area (Å²) in [4.78, 5) is 25.1. The fourth-order valence-corrected chi connectivity index (χ4v) is 5.50. The van der Waals surface area contributed by atoms with Crippen molar-refractivity contribution in [2.24, 2.45) is 23.2 Å². The summed E-state index contributed by atoms with van der Waals surface area (Å²) in [5, 5.41) is 3.15. The first kappa shape index (κ1) is 16.7. The van der Waals surface area contributed by atoms with E-state index in [4.69, 9.17) is 4.74 Å². The summed E-state index contributed by atoms with van der Waals surface area (Å²) in [5.74, 6) is 2.44. The zero-order valence-corrected chi connectivity index (χ0v) is 14.6. The number of nitrogens with zero attached hydrogens (tertiary/aromatic N) is 1. The van der Waals surface area contributed by atoms with Crippen LogP contribution in [0.3, 0.4) is 0 Å². The van der Waals surface area contributed by atoms with E-state index in [1.165, 1.54) is 43.4 Å². The zero-order valence-electron chi connectivity index (χ0n) is 14.6. The van der Waals surface area contributed by atoms with Crippen LogP contribution in [0.15, 0.2) is 0 Å². The summed E-state index contributed by atoms with van der Waals surface area (Å²) < 4.78 is 5.24. The summed E-state index contributed by atoms with van der Waals surface area (Å²) in [6, 6.07) is 0.205. The molecule has 4 aliphatic carbocycles. The Kier molecular flexibility index (Phi) is 4.68. The molecule has 4 rings (SSSR count). The van der Waals surface area contributed by atoms with Gasteiger partial charge < -0.3 is 15.0 Å². The summed E-state index contributed by atoms with van der Waals surface area (Å²) in [6.45, 7) is 2.10. The Hall–Kier alpha value is -1.10. The number of carbonyl (C=O) groups excluding carboxylic acids is 2. The van der Waals surface area contributed by atoms with Crippen molar-refractivity contribution in [3.63, 3.8) is 0 Å². The van der Waals surface area contributed by atoms with E-state index in [0.29, 0.717) is 5.41 Å². The van der Waals surface area contributed by atoms with Gasteiger partial charge in [0.2, 0.25) is 11.8 Å². The Morgan fingerprint density at radius 2 is 1.61 bits per heavy atom. The van der Waals surface area contributed by atoms with Gasteiger partial charge in [-0.15, -0.1) is 0 Å². The van der Waals surface area contributed by atoms with Crippen molar-refractivity contribution in [1.29, 1.82) is 0 Å². The van der Waals surface area contributed by atoms with Crippen molar-refractivity contribution in [2.75, 3.05) is 27.3 Å². The highest BCUT2D eigenvalue weighted by molar-refractivity contribution is 5.79. The maximum absolute atomic E-state index is 12.1. The second kappa shape index (κ2) is 6.42. The molecule has 0 saturated heterocycles. The van der Waals surface area contributed by atoms with Gasteiger partial charge in [0.25, 0.3) is 0 Å². The smallest absolute Gasteiger partial charge is 0.248 e. The minimum Gasteiger partial charge on any atom is -0.362 e. The molecule has 0 spiro atoms. The number of amides is 2. The van der Waals surface area contributed by atoms with Crippen molar-refractivity contribution in [1.82, 2.24) is 10.2 Å². The van der Waals surface area contributed by atoms with E-state index < -0.39 is 0 Å². The molecule has 0 aromatic carbocycles. The maximum atomic E-state index is 12.1. The number of nitrogens with one attached hydrogen (secondary N) is 1. The van der Waals surface area contributed by atoms with Crippen LogP contribution in [-0.4, -0.2) is 50.1 Å². The number of rotatable bonds is 6. The summed E-state index contributed by atoms with van der Waals surface area (Å²) in [6.07, 6.45) is 8.07. The molecule has 23 heavy (non-hydrogen) atoms. The molecule has 0 heterocycles. The maximum Gasteiger partial charge on any atom is 0.248 e. The molecule has 4 fully saturated rings. The Bertz CT molecular complexity index is 440. The van der Waals surface area contributed by atoms with Crippen LogP contribution in [0.25, 0.3) is 0 Å². The molecule has 1 atom stereocenters. The third-order valence-corrected chi connectivity index (χ3v) is 6.34. The van der Waals surface area contributed by atoms with Crippen molar-refractivity contribution >= 4 is 11.8 Å². The van der Waals surface area contributed by atoms with E-state index in [2.05, 4.69) is 12.2 Å². The number of carbonyl (C=O) groups is 2. The molecule has 4 aliphatic rings. The average Bonchev–Trinajstić information content (AvgIpc) is 2.45. The van der Waals surface area contributed by atoms with E-state index in [-0.39, 0.29) is 31.1 Å². The lowest BCUT2D eigenvalue weighted by atomic mass is 9.48. The van der Waals surface area contributed by atoms with E-state index in [0.717, 1.165) is 17.8 Å². The highest BCUT2D eigenvalue weighted by Crippen LogP contribution is 2.61. The van der Waals surface area contributed by atoms with Crippen LogP contribution in [0, 0.1) is 23.2 Å². The van der Waals surface area contributed by atoms with Crippen LogP contribution < -0.4 is 5.32 Å². The van der Waals surface area contributed by atoms with Gasteiger partial charge in [0, 0.05) is 20.1 Å². The van der Waals surface area contributed by atoms with Gasteiger partial charge in [0.1, 0.15) is 13.2 Å². The number of likely N-dealkylation sites (N-methyl/N-ethyl adjacent to an activating group) is 1. The van der Waals surface area contributed by atoms with Crippen LogP contribution in [-0.2, 0) is 14.3 Å². The van der Waals surface area contributed by atoms with Crippen molar-refractivity contribution < 1.29 is 14.3 Å². The second-order valence-corrected chi connectivity index (χ2v) is 8.35. The lowest BCUT2D eigenvalue weighted by Gasteiger charge is -2.59. The molecule has 0 aromatic heterocycles. The molecule has 0 unspecified atom stereocenters. The Morgan fingerprint density at radius 1 is 1.09 bits per heavy atom. The molecule has 0 aromatic rings. The molecule has 1 N–H and O–H groups in total. The monoisotopic (exact) mass is 322 g/mol. The van der Waals surface area contributed by atoms with Crippen LogP contribution >= 0.6 is 0 Å². The summed E-state index contributed by atoms with van der Waals surface area (Å²) in [5.41, 5.74) is 0.309. The minimum absolute atomic E-state index is 0.0315. The lowest BCUT2D eigenvalue weighted by Crippen LogP contribution is -2.56. The van der Waals surface area contributed by atoms with Crippen molar-refractivity contribution in [2.45, 2.75) is 51.5 Å². The predicted octanol–water partition coefficient (Wildman–Crippen LogP) is 1.81. The molecule has 0 aliphatic heterocycles. The molecular formula is C18H30N2O3. The van der Waals surface area contributed by atoms with Gasteiger partial charge in [0.15, 0.2) is 0 Å². The van der Waals surface area contributed by atoms with Gasteiger partial charge in [-0.05, 0) is 68.6 Å². The molecular weight excluding hydrogens is 292 g/mol. The fourth-order valence-electron chi connectivity index (χ4n) is 5.50. The van der Waals surface area contributed by atoms with Crippen LogP contribution in [0.4, 0.5) is 0 Å². The molecule has 5 nitrogen and oxygen atoms in total. The number of hydrogen-bond donors (Lipinski definition) is 1. The van der Waals surface area contributed by atoms with Gasteiger partial charge in [-0.1, -0.05) is 0 Å². The van der Waals surface area contributed by atoms with Crippen LogP contribution in [0.5, 0.6) is 0 Å². The largest absolute Gasteiger partial charge is 0.362 e. The normalized spacial score (nSPS) is 35.9. The van der Waals surface area contributed by atoms with Gasteiger partial charge in [-0.2, -0.15) is 0 Å². The minimum atomic E-state index is -0.119. The quantitative estimate of drug-likeness (QED) is 0.811. The predicted molar refractivity (Wildman–Crippen MR) is 87.7 cm³/mol. The first-order chi connectivity index (χ1) is 10.9. The van der Waals surface area contributed by atoms with Crippen LogP contribution in [0.2, 0.25) is 0 Å². The molecule has 4 saturated carbocycles. The molecule has 2 amide bonds. The van der Waals surface area contributed by atoms with Crippen molar-refractivity contribution in [3.05, 3.63) is 0 Å². The number of ether oxygens (including phenoxy) is 1. The van der Waals surface area contributed by atoms with Gasteiger partial charge >= 0.3 is 0 Å². The lowest BCUT2D eigenvalue weighted by molar-refractivity contribution is -0.137. The van der Waals surface area contributed by atoms with Gasteiger partial charge in [-0.3, -0.25) is 9.59 Å². The summed E-state index contributed by atoms with van der Waals surface area (Å²) >= 11 is 0. The van der Waals surface area contributed by atoms with Crippen molar-refractivity contribution in [3.8, 4) is 0 Å². The second-order valence-electron chi connectivity index (χ2n) is 8.35. The molecule has 5 heteroatoms. The molecule has 130 valence electrons. The van der Waals surface area contributed by atoms with Gasteiger partial charge in [-0.25, -0.2) is 0 Å². The Labute approximate surface area is 139 Å². The Morgan fingerprint density at radius 3 is 2.09 bits per heavy atom. The SMILES string of the molecule is C[C@@H](NC(=O)COCC(=O)N(C)C)C12CC3CC(CC(C3)C1)C2. The van der Waals surface area contributed by atoms with E-state index in [9.17, 15) is 9.59 Å². The van der Waals surface area contributed by atoms with E-state index >= 15 is 0 Å². The third kappa shape index (κ3) is 3.54. The number of hydrogen-bond acceptors (Lipinski definition) is 3. The zero-order chi connectivity index (χ0) is 16.6. The van der Waals surface area contributed by atoms with Crippen LogP contribution in [0.1, 0.15) is 45.4 Å². The first-order valence-electron chi connectivity index (χ1n) is 8.95. The summed E-state index contributed by atoms with van der Waals surface area (Å²) in [7, 11) is 3.36. The van der Waals surface area contributed by atoms with E-state index in [1.807, 2.05) is 0 Å². The fraction of sp³-hybridized carbons (Fsp3) is 0.889. The topological polar surface area (TPSA) is 58.6 Å².